The van der Waals surface area contributed by atoms with E-state index in [1.807, 2.05) is 0 Å². The van der Waals surface area contributed by atoms with E-state index in [1.54, 1.807) is 13.0 Å². The number of hydrogen-bond donors (Lipinski definition) is 2. The number of halogens is 3. The van der Waals surface area contributed by atoms with Crippen LogP contribution >= 0.6 is 0 Å². The van der Waals surface area contributed by atoms with Crippen LogP contribution in [0.4, 0.5) is 24.5 Å². The van der Waals surface area contributed by atoms with Gasteiger partial charge in [-0.15, -0.1) is 0 Å². The average molecular weight is 311 g/mol. The lowest BCUT2D eigenvalue weighted by atomic mass is 10.1. The number of methoxy groups -OCH3 is 1. The number of phenols is 1. The summed E-state index contributed by atoms with van der Waals surface area (Å²) >= 11 is 0. The van der Waals surface area contributed by atoms with Crippen LogP contribution in [-0.4, -0.2) is 18.2 Å². The Morgan fingerprint density at radius 1 is 1.18 bits per heavy atom. The topological polar surface area (TPSA) is 58.6 Å². The fourth-order valence-electron chi connectivity index (χ4n) is 1.86. The van der Waals surface area contributed by atoms with Gasteiger partial charge in [-0.25, -0.2) is 13.6 Å². The molecule has 2 rings (SSSR count). The fourth-order valence-corrected chi connectivity index (χ4v) is 1.86. The second kappa shape index (κ2) is 5.97. The third kappa shape index (κ3) is 2.83. The summed E-state index contributed by atoms with van der Waals surface area (Å²) in [6.45, 7) is 1.66. The van der Waals surface area contributed by atoms with Crippen LogP contribution in [0.5, 0.6) is 5.75 Å². The molecule has 0 aromatic heterocycles. The van der Waals surface area contributed by atoms with Gasteiger partial charge in [-0.1, -0.05) is 6.07 Å². The number of aromatic hydroxyl groups is 1. The average Bonchev–Trinajstić information content (AvgIpc) is 2.49. The molecule has 2 aromatic carbocycles. The molecule has 0 aliphatic rings. The van der Waals surface area contributed by atoms with Crippen LogP contribution in [0.2, 0.25) is 0 Å². The van der Waals surface area contributed by atoms with Gasteiger partial charge in [0.2, 0.25) is 5.82 Å². The third-order valence-electron chi connectivity index (χ3n) is 2.98. The van der Waals surface area contributed by atoms with Gasteiger partial charge >= 0.3 is 5.97 Å². The first-order chi connectivity index (χ1) is 10.3. The molecule has 0 unspecified atom stereocenters. The number of hydrogen-bond acceptors (Lipinski definition) is 4. The van der Waals surface area contributed by atoms with Crippen molar-refractivity contribution < 1.29 is 27.8 Å². The normalized spacial score (nSPS) is 10.4. The largest absolute Gasteiger partial charge is 0.505 e. The number of esters is 1. The Bertz CT molecular complexity index is 747. The summed E-state index contributed by atoms with van der Waals surface area (Å²) in [4.78, 5) is 11.6. The molecule has 0 aliphatic heterocycles. The molecule has 2 N–H and O–H groups in total. The van der Waals surface area contributed by atoms with Gasteiger partial charge in [-0.05, 0) is 30.7 Å². The monoisotopic (exact) mass is 311 g/mol. The minimum atomic E-state index is -1.55. The van der Waals surface area contributed by atoms with Gasteiger partial charge in [0.25, 0.3) is 0 Å². The lowest BCUT2D eigenvalue weighted by Gasteiger charge is -2.14. The third-order valence-corrected chi connectivity index (χ3v) is 2.98. The van der Waals surface area contributed by atoms with Crippen LogP contribution in [0.3, 0.4) is 0 Å². The maximum atomic E-state index is 14.0. The lowest BCUT2D eigenvalue weighted by molar-refractivity contribution is 0.0600. The van der Waals surface area contributed by atoms with Crippen molar-refractivity contribution in [3.8, 4) is 5.75 Å². The van der Waals surface area contributed by atoms with Crippen LogP contribution < -0.4 is 5.32 Å². The summed E-state index contributed by atoms with van der Waals surface area (Å²) in [5.41, 5.74) is -0.600. The van der Waals surface area contributed by atoms with Crippen molar-refractivity contribution in [3.05, 3.63) is 52.8 Å². The van der Waals surface area contributed by atoms with E-state index in [9.17, 15) is 23.1 Å². The summed E-state index contributed by atoms with van der Waals surface area (Å²) in [6, 6.07) is 4.77. The molecule has 0 fully saturated rings. The summed E-state index contributed by atoms with van der Waals surface area (Å²) in [6.07, 6.45) is 0. The summed E-state index contributed by atoms with van der Waals surface area (Å²) < 4.78 is 45.7. The van der Waals surface area contributed by atoms with Gasteiger partial charge in [0.1, 0.15) is 5.82 Å². The molecule has 0 heterocycles. The Kier molecular flexibility index (Phi) is 4.25. The fraction of sp³-hybridized carbons (Fsp3) is 0.133. The highest BCUT2D eigenvalue weighted by Gasteiger charge is 2.23. The summed E-state index contributed by atoms with van der Waals surface area (Å²) in [7, 11) is 1.04. The SMILES string of the molecule is COC(=O)c1cc(O)c(F)c(F)c1Nc1ccc(C)cc1F. The molecule has 4 nitrogen and oxygen atoms in total. The number of rotatable bonds is 3. The van der Waals surface area contributed by atoms with Crippen LogP contribution in [0, 0.1) is 24.4 Å². The minimum absolute atomic E-state index is 0.153. The van der Waals surface area contributed by atoms with Gasteiger partial charge in [-0.2, -0.15) is 4.39 Å². The minimum Gasteiger partial charge on any atom is -0.505 e. The Labute approximate surface area is 124 Å². The number of phenolic OH excluding ortho intramolecular Hbond substituents is 1. The first kappa shape index (κ1) is 15.7. The summed E-state index contributed by atoms with van der Waals surface area (Å²) in [5.74, 6) is -5.83. The van der Waals surface area contributed by atoms with E-state index in [0.29, 0.717) is 11.6 Å². The van der Waals surface area contributed by atoms with E-state index in [1.165, 1.54) is 12.1 Å². The number of aryl methyl sites for hydroxylation is 1. The Hall–Kier alpha value is -2.70. The van der Waals surface area contributed by atoms with E-state index < -0.39 is 40.4 Å². The highest BCUT2D eigenvalue weighted by molar-refractivity contribution is 5.97. The zero-order valence-electron chi connectivity index (χ0n) is 11.7. The number of benzene rings is 2. The molecule has 22 heavy (non-hydrogen) atoms. The lowest BCUT2D eigenvalue weighted by Crippen LogP contribution is -2.09. The molecule has 0 spiro atoms. The van der Waals surface area contributed by atoms with Crippen LogP contribution in [-0.2, 0) is 4.74 Å². The Balaban J connectivity index is 2.58. The van der Waals surface area contributed by atoms with Crippen molar-refractivity contribution in [2.45, 2.75) is 6.92 Å². The second-order valence-corrected chi connectivity index (χ2v) is 4.55. The number of carbonyl (C=O) groups is 1. The van der Waals surface area contributed by atoms with Gasteiger partial charge in [-0.3, -0.25) is 0 Å². The van der Waals surface area contributed by atoms with E-state index >= 15 is 0 Å². The zero-order chi connectivity index (χ0) is 16.4. The van der Waals surface area contributed by atoms with Gasteiger partial charge in [0.05, 0.1) is 24.0 Å². The van der Waals surface area contributed by atoms with Crippen molar-refractivity contribution in [1.82, 2.24) is 0 Å². The van der Waals surface area contributed by atoms with Crippen molar-refractivity contribution >= 4 is 17.3 Å². The molecular formula is C15H12F3NO3. The first-order valence-corrected chi connectivity index (χ1v) is 6.17. The highest BCUT2D eigenvalue weighted by Crippen LogP contribution is 2.33. The molecular weight excluding hydrogens is 299 g/mol. The van der Waals surface area contributed by atoms with E-state index in [4.69, 9.17) is 0 Å². The van der Waals surface area contributed by atoms with Crippen LogP contribution in [0.15, 0.2) is 24.3 Å². The number of nitrogens with one attached hydrogen (secondary N) is 1. The standard InChI is InChI=1S/C15H12F3NO3/c1-7-3-4-10(9(16)5-7)19-14-8(15(21)22-2)6-11(20)12(17)13(14)18/h3-6,19-20H,1-2H3. The van der Waals surface area contributed by atoms with Crippen LogP contribution in [0.25, 0.3) is 0 Å². The van der Waals surface area contributed by atoms with Crippen molar-refractivity contribution in [1.29, 1.82) is 0 Å². The maximum Gasteiger partial charge on any atom is 0.340 e. The van der Waals surface area contributed by atoms with E-state index in [2.05, 4.69) is 10.1 Å². The molecule has 0 saturated carbocycles. The molecule has 0 amide bonds. The summed E-state index contributed by atoms with van der Waals surface area (Å²) in [5, 5.41) is 11.6. The zero-order valence-corrected chi connectivity index (χ0v) is 11.7. The molecule has 0 bridgehead atoms. The molecule has 0 atom stereocenters. The maximum absolute atomic E-state index is 14.0. The Morgan fingerprint density at radius 2 is 1.86 bits per heavy atom. The number of carbonyl (C=O) groups excluding carboxylic acids is 1. The molecule has 0 saturated heterocycles. The molecule has 0 radical (unpaired) electrons. The molecule has 2 aromatic rings. The Morgan fingerprint density at radius 3 is 2.45 bits per heavy atom. The van der Waals surface area contributed by atoms with Gasteiger partial charge < -0.3 is 15.2 Å². The molecule has 7 heteroatoms. The van der Waals surface area contributed by atoms with Gasteiger partial charge in [0.15, 0.2) is 11.6 Å². The van der Waals surface area contributed by atoms with Crippen molar-refractivity contribution in [2.24, 2.45) is 0 Å². The quantitative estimate of drug-likeness (QED) is 0.671. The van der Waals surface area contributed by atoms with E-state index in [0.717, 1.165) is 7.11 Å². The predicted molar refractivity (Wildman–Crippen MR) is 73.8 cm³/mol. The first-order valence-electron chi connectivity index (χ1n) is 6.17. The van der Waals surface area contributed by atoms with Crippen molar-refractivity contribution in [3.63, 3.8) is 0 Å². The number of ether oxygens (including phenoxy) is 1. The smallest absolute Gasteiger partial charge is 0.340 e. The number of anilines is 2. The molecule has 116 valence electrons. The van der Waals surface area contributed by atoms with E-state index in [-0.39, 0.29) is 5.69 Å². The molecule has 0 aliphatic carbocycles. The predicted octanol–water partition coefficient (Wildman–Crippen LogP) is 3.65. The van der Waals surface area contributed by atoms with Gasteiger partial charge in [0, 0.05) is 0 Å². The highest BCUT2D eigenvalue weighted by atomic mass is 19.2. The van der Waals surface area contributed by atoms with Crippen molar-refractivity contribution in [2.75, 3.05) is 12.4 Å². The second-order valence-electron chi connectivity index (χ2n) is 4.55. The van der Waals surface area contributed by atoms with Crippen LogP contribution in [0.1, 0.15) is 15.9 Å².